The van der Waals surface area contributed by atoms with Crippen molar-refractivity contribution in [3.63, 3.8) is 0 Å². The second-order valence-corrected chi connectivity index (χ2v) is 8.07. The van der Waals surface area contributed by atoms with Gasteiger partial charge in [0.1, 0.15) is 6.54 Å². The molecule has 0 bridgehead atoms. The van der Waals surface area contributed by atoms with Gasteiger partial charge in [0.05, 0.1) is 0 Å². The van der Waals surface area contributed by atoms with Crippen molar-refractivity contribution in [2.75, 3.05) is 19.6 Å². The summed E-state index contributed by atoms with van der Waals surface area (Å²) in [6.45, 7) is 9.52. The lowest BCUT2D eigenvalue weighted by Gasteiger charge is -2.21. The molecule has 3 N–H and O–H groups in total. The molecule has 1 aliphatic carbocycles. The maximum atomic E-state index is 12.0. The molecule has 0 aromatic heterocycles. The zero-order chi connectivity index (χ0) is 18.5. The summed E-state index contributed by atoms with van der Waals surface area (Å²) in [5.41, 5.74) is 1.13. The SMILES string of the molecule is CCNC(=NCC(=O)NC(C)(C)C)NCC1(c2cccc(Cl)c2)CC1.I. The number of hydrogen-bond donors (Lipinski definition) is 3. The Morgan fingerprint density at radius 1 is 1.27 bits per heavy atom. The summed E-state index contributed by atoms with van der Waals surface area (Å²) < 4.78 is 0. The summed E-state index contributed by atoms with van der Waals surface area (Å²) in [5.74, 6) is 0.584. The minimum Gasteiger partial charge on any atom is -0.357 e. The molecule has 5 nitrogen and oxygen atoms in total. The number of rotatable bonds is 6. The lowest BCUT2D eigenvalue weighted by atomic mass is 9.96. The molecule has 26 heavy (non-hydrogen) atoms. The lowest BCUT2D eigenvalue weighted by Crippen LogP contribution is -2.44. The molecular weight excluding hydrogens is 463 g/mol. The van der Waals surface area contributed by atoms with Gasteiger partial charge in [0, 0.05) is 29.1 Å². The minimum atomic E-state index is -0.247. The Hall–Kier alpha value is -1.02. The van der Waals surface area contributed by atoms with Gasteiger partial charge in [-0.25, -0.2) is 4.99 Å². The van der Waals surface area contributed by atoms with Crippen molar-refractivity contribution in [1.29, 1.82) is 0 Å². The number of nitrogens with zero attached hydrogens (tertiary/aromatic N) is 1. The Labute approximate surface area is 178 Å². The van der Waals surface area contributed by atoms with E-state index in [9.17, 15) is 4.79 Å². The van der Waals surface area contributed by atoms with Crippen LogP contribution >= 0.6 is 35.6 Å². The van der Waals surface area contributed by atoms with Crippen LogP contribution in [0.25, 0.3) is 0 Å². The third-order valence-electron chi connectivity index (χ3n) is 4.12. The number of carbonyl (C=O) groups is 1. The molecule has 1 amide bonds. The Morgan fingerprint density at radius 2 is 1.96 bits per heavy atom. The topological polar surface area (TPSA) is 65.5 Å². The summed E-state index contributed by atoms with van der Waals surface area (Å²) in [5, 5.41) is 10.3. The Kier molecular flexibility index (Phi) is 8.66. The van der Waals surface area contributed by atoms with E-state index in [2.05, 4.69) is 27.0 Å². The third-order valence-corrected chi connectivity index (χ3v) is 4.36. The van der Waals surface area contributed by atoms with Gasteiger partial charge in [-0.2, -0.15) is 0 Å². The second-order valence-electron chi connectivity index (χ2n) is 7.64. The lowest BCUT2D eigenvalue weighted by molar-refractivity contribution is -0.121. The van der Waals surface area contributed by atoms with Crippen LogP contribution in [0, 0.1) is 0 Å². The highest BCUT2D eigenvalue weighted by atomic mass is 127. The van der Waals surface area contributed by atoms with Crippen LogP contribution in [0.15, 0.2) is 29.3 Å². The van der Waals surface area contributed by atoms with Gasteiger partial charge in [0.2, 0.25) is 5.91 Å². The van der Waals surface area contributed by atoms with Crippen LogP contribution in [-0.4, -0.2) is 37.0 Å². The first kappa shape index (κ1) is 23.0. The van der Waals surface area contributed by atoms with E-state index in [-0.39, 0.29) is 47.4 Å². The number of carbonyl (C=O) groups excluding carboxylic acids is 1. The van der Waals surface area contributed by atoms with Gasteiger partial charge in [-0.05, 0) is 58.2 Å². The Morgan fingerprint density at radius 3 is 2.50 bits per heavy atom. The Balaban J connectivity index is 0.00000338. The van der Waals surface area contributed by atoms with Crippen LogP contribution in [0.3, 0.4) is 0 Å². The summed E-state index contributed by atoms with van der Waals surface area (Å²) in [4.78, 5) is 16.3. The number of amides is 1. The van der Waals surface area contributed by atoms with Crippen molar-refractivity contribution in [3.8, 4) is 0 Å². The maximum absolute atomic E-state index is 12.0. The maximum Gasteiger partial charge on any atom is 0.242 e. The molecule has 0 heterocycles. The van der Waals surface area contributed by atoms with E-state index >= 15 is 0 Å². The van der Waals surface area contributed by atoms with E-state index in [0.717, 1.165) is 31.0 Å². The van der Waals surface area contributed by atoms with Gasteiger partial charge in [-0.3, -0.25) is 4.79 Å². The van der Waals surface area contributed by atoms with Gasteiger partial charge in [-0.15, -0.1) is 24.0 Å². The van der Waals surface area contributed by atoms with E-state index < -0.39 is 0 Å². The number of hydrogen-bond acceptors (Lipinski definition) is 2. The molecule has 0 atom stereocenters. The number of aliphatic imine (C=N–C) groups is 1. The van der Waals surface area contributed by atoms with Gasteiger partial charge in [0.15, 0.2) is 5.96 Å². The van der Waals surface area contributed by atoms with Crippen molar-refractivity contribution < 1.29 is 4.79 Å². The fourth-order valence-corrected chi connectivity index (χ4v) is 2.93. The van der Waals surface area contributed by atoms with Crippen LogP contribution in [-0.2, 0) is 10.2 Å². The van der Waals surface area contributed by atoms with Crippen LogP contribution < -0.4 is 16.0 Å². The predicted molar refractivity (Wildman–Crippen MR) is 120 cm³/mol. The normalized spacial score (nSPS) is 15.7. The van der Waals surface area contributed by atoms with Crippen molar-refractivity contribution >= 4 is 47.4 Å². The van der Waals surface area contributed by atoms with E-state index in [1.165, 1.54) is 5.56 Å². The minimum absolute atomic E-state index is 0. The molecule has 0 aliphatic heterocycles. The van der Waals surface area contributed by atoms with Crippen molar-refractivity contribution in [3.05, 3.63) is 34.9 Å². The molecule has 0 radical (unpaired) electrons. The van der Waals surface area contributed by atoms with E-state index in [1.807, 2.05) is 45.9 Å². The number of benzene rings is 1. The van der Waals surface area contributed by atoms with Gasteiger partial charge in [-0.1, -0.05) is 23.7 Å². The molecule has 146 valence electrons. The van der Waals surface area contributed by atoms with Crippen LogP contribution in [0.1, 0.15) is 46.1 Å². The summed E-state index contributed by atoms with van der Waals surface area (Å²) in [6.07, 6.45) is 2.26. The molecule has 1 fully saturated rings. The first-order chi connectivity index (χ1) is 11.7. The van der Waals surface area contributed by atoms with Gasteiger partial charge in [0.25, 0.3) is 0 Å². The van der Waals surface area contributed by atoms with Crippen LogP contribution in [0.4, 0.5) is 0 Å². The molecule has 7 heteroatoms. The van der Waals surface area contributed by atoms with Crippen molar-refractivity contribution in [1.82, 2.24) is 16.0 Å². The van der Waals surface area contributed by atoms with E-state index in [1.54, 1.807) is 0 Å². The fourth-order valence-electron chi connectivity index (χ4n) is 2.74. The molecule has 1 aliphatic rings. The largest absolute Gasteiger partial charge is 0.357 e. The first-order valence-electron chi connectivity index (χ1n) is 8.83. The number of guanidine groups is 1. The molecule has 2 rings (SSSR count). The molecule has 0 spiro atoms. The highest BCUT2D eigenvalue weighted by Gasteiger charge is 2.44. The van der Waals surface area contributed by atoms with E-state index in [0.29, 0.717) is 5.96 Å². The average Bonchev–Trinajstić information content (AvgIpc) is 3.29. The van der Waals surface area contributed by atoms with Gasteiger partial charge < -0.3 is 16.0 Å². The fraction of sp³-hybridized carbons (Fsp3) is 0.579. The zero-order valence-electron chi connectivity index (χ0n) is 16.0. The van der Waals surface area contributed by atoms with Gasteiger partial charge >= 0.3 is 0 Å². The van der Waals surface area contributed by atoms with Crippen molar-refractivity contribution in [2.24, 2.45) is 4.99 Å². The quantitative estimate of drug-likeness (QED) is 0.324. The average molecular weight is 493 g/mol. The third kappa shape index (κ3) is 7.31. The molecule has 1 aromatic carbocycles. The van der Waals surface area contributed by atoms with Crippen LogP contribution in [0.5, 0.6) is 0 Å². The highest BCUT2D eigenvalue weighted by Crippen LogP contribution is 2.48. The Bertz CT molecular complexity index is 639. The standard InChI is InChI=1S/C19H29ClN4O.HI/c1-5-21-17(22-12-16(25)24-18(2,3)4)23-13-19(9-10-19)14-7-6-8-15(20)11-14;/h6-8,11H,5,9-10,12-13H2,1-4H3,(H,24,25)(H2,21,22,23);1H. The predicted octanol–water partition coefficient (Wildman–Crippen LogP) is 3.46. The molecular formula is C19H30ClIN4O. The van der Waals surface area contributed by atoms with E-state index in [4.69, 9.17) is 11.6 Å². The summed E-state index contributed by atoms with van der Waals surface area (Å²) in [6, 6.07) is 8.06. The molecule has 1 aromatic rings. The molecule has 1 saturated carbocycles. The first-order valence-corrected chi connectivity index (χ1v) is 9.21. The second kappa shape index (κ2) is 9.78. The number of halogens is 2. The molecule has 0 saturated heterocycles. The smallest absolute Gasteiger partial charge is 0.242 e. The highest BCUT2D eigenvalue weighted by molar-refractivity contribution is 14.0. The zero-order valence-corrected chi connectivity index (χ0v) is 19.1. The summed E-state index contributed by atoms with van der Waals surface area (Å²) in [7, 11) is 0. The molecule has 0 unspecified atom stereocenters. The summed E-state index contributed by atoms with van der Waals surface area (Å²) >= 11 is 6.13. The monoisotopic (exact) mass is 492 g/mol. The number of nitrogens with one attached hydrogen (secondary N) is 3. The van der Waals surface area contributed by atoms with Crippen molar-refractivity contribution in [2.45, 2.75) is 51.5 Å². The van der Waals surface area contributed by atoms with Crippen LogP contribution in [0.2, 0.25) is 5.02 Å².